The highest BCUT2D eigenvalue weighted by atomic mass is 79.9. The van der Waals surface area contributed by atoms with Crippen LogP contribution in [-0.4, -0.2) is 16.2 Å². The van der Waals surface area contributed by atoms with Crippen LogP contribution in [0.5, 0.6) is 0 Å². The van der Waals surface area contributed by atoms with Crippen molar-refractivity contribution in [2.75, 3.05) is 0 Å². The van der Waals surface area contributed by atoms with E-state index in [1.54, 1.807) is 0 Å². The van der Waals surface area contributed by atoms with Crippen molar-refractivity contribution in [3.05, 3.63) is 0 Å². The molecule has 0 aromatic carbocycles. The molecule has 0 aliphatic rings. The van der Waals surface area contributed by atoms with Gasteiger partial charge in [0.1, 0.15) is 0 Å². The first-order chi connectivity index (χ1) is 6.07. The van der Waals surface area contributed by atoms with Crippen LogP contribution in [0.25, 0.3) is 0 Å². The van der Waals surface area contributed by atoms with E-state index in [2.05, 4.69) is 28.2 Å². The molecule has 2 N–H and O–H groups in total. The SMILES string of the molecule is Br.CCCCCC(C)C(Br)NC(=O)O. The maximum atomic E-state index is 10.3. The van der Waals surface area contributed by atoms with Crippen molar-refractivity contribution < 1.29 is 9.90 Å². The molecule has 0 heterocycles. The standard InChI is InChI=1S/C9H18BrNO2.BrH/c1-3-4-5-6-7(2)8(10)11-9(12)13;/h7-8,11H,3-6H2,1-2H3,(H,12,13);1H. The second kappa shape index (κ2) is 9.77. The van der Waals surface area contributed by atoms with Crippen molar-refractivity contribution in [3.8, 4) is 0 Å². The topological polar surface area (TPSA) is 49.3 Å². The number of hydrogen-bond acceptors (Lipinski definition) is 1. The lowest BCUT2D eigenvalue weighted by atomic mass is 10.0. The average Bonchev–Trinajstić information content (AvgIpc) is 2.03. The van der Waals surface area contributed by atoms with Gasteiger partial charge in [-0.3, -0.25) is 0 Å². The molecule has 0 saturated carbocycles. The third-order valence-electron chi connectivity index (χ3n) is 2.02. The smallest absolute Gasteiger partial charge is 0.405 e. The van der Waals surface area contributed by atoms with E-state index in [0.29, 0.717) is 5.92 Å². The molecule has 0 bridgehead atoms. The summed E-state index contributed by atoms with van der Waals surface area (Å²) in [5, 5.41) is 10.9. The minimum absolute atomic E-state index is 0. The molecule has 3 nitrogen and oxygen atoms in total. The van der Waals surface area contributed by atoms with Crippen LogP contribution in [0.2, 0.25) is 0 Å². The van der Waals surface area contributed by atoms with Crippen LogP contribution in [0.4, 0.5) is 4.79 Å². The molecular formula is C9H19Br2NO2. The summed E-state index contributed by atoms with van der Waals surface area (Å²) >= 11 is 3.30. The molecule has 2 atom stereocenters. The largest absolute Gasteiger partial charge is 0.465 e. The molecule has 0 saturated heterocycles. The van der Waals surface area contributed by atoms with E-state index in [4.69, 9.17) is 5.11 Å². The van der Waals surface area contributed by atoms with Crippen LogP contribution in [0.3, 0.4) is 0 Å². The zero-order valence-corrected chi connectivity index (χ0v) is 11.9. The Balaban J connectivity index is 0. The number of nitrogens with one attached hydrogen (secondary N) is 1. The van der Waals surface area contributed by atoms with Gasteiger partial charge in [-0.25, -0.2) is 4.79 Å². The third kappa shape index (κ3) is 8.81. The number of amides is 1. The second-order valence-electron chi connectivity index (χ2n) is 3.32. The molecular weight excluding hydrogens is 314 g/mol. The Morgan fingerprint density at radius 1 is 1.50 bits per heavy atom. The molecule has 0 aliphatic heterocycles. The summed E-state index contributed by atoms with van der Waals surface area (Å²) in [6, 6.07) is 0. The number of carbonyl (C=O) groups is 1. The summed E-state index contributed by atoms with van der Waals surface area (Å²) in [5.41, 5.74) is 0. The fourth-order valence-electron chi connectivity index (χ4n) is 1.12. The van der Waals surface area contributed by atoms with E-state index in [1.807, 2.05) is 6.92 Å². The molecule has 0 radical (unpaired) electrons. The third-order valence-corrected chi connectivity index (χ3v) is 3.16. The van der Waals surface area contributed by atoms with E-state index >= 15 is 0 Å². The van der Waals surface area contributed by atoms with Gasteiger partial charge in [-0.2, -0.15) is 0 Å². The van der Waals surface area contributed by atoms with Gasteiger partial charge in [-0.05, 0) is 12.3 Å². The fourth-order valence-corrected chi connectivity index (χ4v) is 1.58. The Bertz CT molecular complexity index is 156. The minimum atomic E-state index is -0.968. The van der Waals surface area contributed by atoms with Crippen LogP contribution in [0.15, 0.2) is 0 Å². The van der Waals surface area contributed by atoms with Gasteiger partial charge >= 0.3 is 6.09 Å². The summed E-state index contributed by atoms with van der Waals surface area (Å²) < 4.78 is 0. The van der Waals surface area contributed by atoms with Gasteiger partial charge < -0.3 is 10.4 Å². The number of carboxylic acid groups (broad SMARTS) is 1. The average molecular weight is 333 g/mol. The van der Waals surface area contributed by atoms with Crippen LogP contribution < -0.4 is 5.32 Å². The Morgan fingerprint density at radius 3 is 2.50 bits per heavy atom. The van der Waals surface area contributed by atoms with E-state index in [9.17, 15) is 4.79 Å². The quantitative estimate of drug-likeness (QED) is 0.442. The molecule has 0 aromatic heterocycles. The van der Waals surface area contributed by atoms with Gasteiger partial charge in [0.2, 0.25) is 0 Å². The van der Waals surface area contributed by atoms with E-state index in [1.165, 1.54) is 19.3 Å². The van der Waals surface area contributed by atoms with Gasteiger partial charge in [0.25, 0.3) is 0 Å². The van der Waals surface area contributed by atoms with Gasteiger partial charge in [0.05, 0.1) is 4.95 Å². The Kier molecular flexibility index (Phi) is 11.6. The summed E-state index contributed by atoms with van der Waals surface area (Å²) in [4.78, 5) is 10.2. The number of alkyl halides is 1. The zero-order valence-electron chi connectivity index (χ0n) is 8.62. The molecule has 0 rings (SSSR count). The molecule has 14 heavy (non-hydrogen) atoms. The molecule has 0 fully saturated rings. The van der Waals surface area contributed by atoms with Crippen molar-refractivity contribution in [2.24, 2.45) is 5.92 Å². The van der Waals surface area contributed by atoms with Crippen LogP contribution in [-0.2, 0) is 0 Å². The second-order valence-corrected chi connectivity index (χ2v) is 4.31. The van der Waals surface area contributed by atoms with Crippen molar-refractivity contribution in [2.45, 2.75) is 44.5 Å². The summed E-state index contributed by atoms with van der Waals surface area (Å²) in [6.45, 7) is 4.21. The van der Waals surface area contributed by atoms with Crippen molar-refractivity contribution in [1.82, 2.24) is 5.32 Å². The van der Waals surface area contributed by atoms with E-state index in [0.717, 1.165) is 6.42 Å². The highest BCUT2D eigenvalue weighted by molar-refractivity contribution is 9.09. The predicted molar refractivity (Wildman–Crippen MR) is 67.5 cm³/mol. The van der Waals surface area contributed by atoms with Gasteiger partial charge in [0.15, 0.2) is 0 Å². The fraction of sp³-hybridized carbons (Fsp3) is 0.889. The van der Waals surface area contributed by atoms with Crippen molar-refractivity contribution >= 4 is 39.0 Å². The predicted octanol–water partition coefficient (Wildman–Crippen LogP) is 3.77. The molecule has 2 unspecified atom stereocenters. The Hall–Kier alpha value is 0.230. The number of hydrogen-bond donors (Lipinski definition) is 2. The van der Waals surface area contributed by atoms with Crippen LogP contribution in [0.1, 0.15) is 39.5 Å². The molecule has 1 amide bonds. The molecule has 0 aromatic rings. The first-order valence-corrected chi connectivity index (χ1v) is 5.63. The van der Waals surface area contributed by atoms with E-state index < -0.39 is 6.09 Å². The van der Waals surface area contributed by atoms with Crippen molar-refractivity contribution in [1.29, 1.82) is 0 Å². The summed E-state index contributed by atoms with van der Waals surface area (Å²) in [6.07, 6.45) is 3.68. The number of unbranched alkanes of at least 4 members (excludes halogenated alkanes) is 2. The summed E-state index contributed by atoms with van der Waals surface area (Å²) in [7, 11) is 0. The number of halogens is 2. The maximum absolute atomic E-state index is 10.3. The molecule has 0 spiro atoms. The van der Waals surface area contributed by atoms with Gasteiger partial charge in [-0.1, -0.05) is 49.0 Å². The van der Waals surface area contributed by atoms with Gasteiger partial charge in [-0.15, -0.1) is 17.0 Å². The molecule has 86 valence electrons. The number of rotatable bonds is 6. The van der Waals surface area contributed by atoms with Crippen LogP contribution >= 0.6 is 32.9 Å². The monoisotopic (exact) mass is 331 g/mol. The first kappa shape index (κ1) is 16.7. The Morgan fingerprint density at radius 2 is 2.07 bits per heavy atom. The minimum Gasteiger partial charge on any atom is -0.465 e. The maximum Gasteiger partial charge on any atom is 0.405 e. The lowest BCUT2D eigenvalue weighted by molar-refractivity contribution is 0.191. The Labute approximate surface area is 105 Å². The summed E-state index contributed by atoms with van der Waals surface area (Å²) in [5.74, 6) is 0.350. The highest BCUT2D eigenvalue weighted by Gasteiger charge is 2.14. The zero-order chi connectivity index (χ0) is 10.3. The van der Waals surface area contributed by atoms with Crippen molar-refractivity contribution in [3.63, 3.8) is 0 Å². The first-order valence-electron chi connectivity index (χ1n) is 4.71. The normalized spacial score (nSPS) is 13.9. The van der Waals surface area contributed by atoms with E-state index in [-0.39, 0.29) is 21.9 Å². The molecule has 5 heteroatoms. The highest BCUT2D eigenvalue weighted by Crippen LogP contribution is 2.17. The lowest BCUT2D eigenvalue weighted by Gasteiger charge is -2.17. The van der Waals surface area contributed by atoms with Crippen LogP contribution in [0, 0.1) is 5.92 Å². The lowest BCUT2D eigenvalue weighted by Crippen LogP contribution is -2.33. The van der Waals surface area contributed by atoms with Gasteiger partial charge in [0, 0.05) is 0 Å². The molecule has 0 aliphatic carbocycles.